The van der Waals surface area contributed by atoms with Gasteiger partial charge in [0, 0.05) is 16.4 Å². The van der Waals surface area contributed by atoms with E-state index in [0.717, 1.165) is 6.26 Å². The molecule has 8 heteroatoms. The number of carboxylic acids is 1. The third-order valence-corrected chi connectivity index (χ3v) is 4.38. The van der Waals surface area contributed by atoms with Crippen molar-refractivity contribution in [2.24, 2.45) is 0 Å². The molecule has 0 aliphatic carbocycles. The van der Waals surface area contributed by atoms with Crippen LogP contribution in [0.3, 0.4) is 0 Å². The molecule has 1 aromatic carbocycles. The van der Waals surface area contributed by atoms with Crippen LogP contribution in [0.1, 0.15) is 17.3 Å². The number of carbonyl (C=O) groups excluding carboxylic acids is 1. The van der Waals surface area contributed by atoms with Gasteiger partial charge in [-0.3, -0.25) is 4.79 Å². The van der Waals surface area contributed by atoms with Crippen LogP contribution in [-0.2, 0) is 14.6 Å². The number of anilines is 1. The van der Waals surface area contributed by atoms with Gasteiger partial charge in [0.05, 0.1) is 5.56 Å². The molecule has 0 radical (unpaired) electrons. The van der Waals surface area contributed by atoms with E-state index in [1.54, 1.807) is 0 Å². The van der Waals surface area contributed by atoms with Gasteiger partial charge in [0.2, 0.25) is 5.91 Å². The molecule has 1 unspecified atom stereocenters. The maximum Gasteiger partial charge on any atom is 0.335 e. The Bertz CT molecular complexity index is 626. The molecule has 6 nitrogen and oxygen atoms in total. The summed E-state index contributed by atoms with van der Waals surface area (Å²) in [5.41, 5.74) is 0.198. The van der Waals surface area contributed by atoms with Crippen molar-refractivity contribution in [3.8, 4) is 0 Å². The van der Waals surface area contributed by atoms with Crippen LogP contribution in [-0.4, -0.2) is 36.9 Å². The van der Waals surface area contributed by atoms with Crippen LogP contribution in [0.4, 0.5) is 5.69 Å². The molecule has 0 aromatic heterocycles. The van der Waals surface area contributed by atoms with Crippen molar-refractivity contribution in [1.29, 1.82) is 0 Å². The van der Waals surface area contributed by atoms with Gasteiger partial charge < -0.3 is 10.4 Å². The zero-order valence-electron chi connectivity index (χ0n) is 10.2. The summed E-state index contributed by atoms with van der Waals surface area (Å²) in [6.07, 6.45) is 0.959. The highest BCUT2D eigenvalue weighted by Crippen LogP contribution is 2.20. The van der Waals surface area contributed by atoms with E-state index in [4.69, 9.17) is 5.11 Å². The summed E-state index contributed by atoms with van der Waals surface area (Å²) in [6.45, 7) is 1.26. The van der Waals surface area contributed by atoms with Crippen LogP contribution in [0.15, 0.2) is 22.7 Å². The molecule has 0 aliphatic rings. The minimum Gasteiger partial charge on any atom is -0.478 e. The fourth-order valence-corrected chi connectivity index (χ4v) is 2.16. The summed E-state index contributed by atoms with van der Waals surface area (Å²) in [5.74, 6) is -1.86. The van der Waals surface area contributed by atoms with E-state index in [1.165, 1.54) is 25.1 Å². The van der Waals surface area contributed by atoms with Gasteiger partial charge in [-0.2, -0.15) is 0 Å². The third-order valence-electron chi connectivity index (χ3n) is 2.42. The highest BCUT2D eigenvalue weighted by atomic mass is 79.9. The first-order valence-corrected chi connectivity index (χ1v) is 7.89. The van der Waals surface area contributed by atoms with Gasteiger partial charge in [-0.15, -0.1) is 0 Å². The van der Waals surface area contributed by atoms with Crippen LogP contribution < -0.4 is 5.32 Å². The first-order valence-electron chi connectivity index (χ1n) is 5.15. The van der Waals surface area contributed by atoms with E-state index < -0.39 is 27.0 Å². The summed E-state index contributed by atoms with van der Waals surface area (Å²) in [5, 5.41) is 10.0. The average molecular weight is 350 g/mol. The maximum absolute atomic E-state index is 11.7. The largest absolute Gasteiger partial charge is 0.478 e. The van der Waals surface area contributed by atoms with Gasteiger partial charge in [-0.1, -0.05) is 15.9 Å². The maximum atomic E-state index is 11.7. The Labute approximate surface area is 118 Å². The van der Waals surface area contributed by atoms with Crippen LogP contribution >= 0.6 is 15.9 Å². The summed E-state index contributed by atoms with van der Waals surface area (Å²) in [4.78, 5) is 22.6. The molecule has 1 rings (SSSR count). The van der Waals surface area contributed by atoms with Crippen LogP contribution in [0.2, 0.25) is 0 Å². The lowest BCUT2D eigenvalue weighted by molar-refractivity contribution is -0.115. The van der Waals surface area contributed by atoms with Crippen LogP contribution in [0, 0.1) is 0 Å². The van der Waals surface area contributed by atoms with E-state index >= 15 is 0 Å². The van der Waals surface area contributed by atoms with E-state index in [-0.39, 0.29) is 11.3 Å². The van der Waals surface area contributed by atoms with Crippen molar-refractivity contribution < 1.29 is 23.1 Å². The van der Waals surface area contributed by atoms with Crippen molar-refractivity contribution in [3.05, 3.63) is 28.2 Å². The molecule has 1 atom stereocenters. The predicted octanol–water partition coefficient (Wildman–Crippen LogP) is 1.52. The fourth-order valence-electron chi connectivity index (χ4n) is 1.22. The molecule has 1 amide bonds. The SMILES string of the molecule is CC(C(=O)Nc1cc(Br)cc(C(=O)O)c1)S(C)(=O)=O. The van der Waals surface area contributed by atoms with Gasteiger partial charge in [0.25, 0.3) is 0 Å². The number of halogens is 1. The van der Waals surface area contributed by atoms with E-state index in [9.17, 15) is 18.0 Å². The number of sulfone groups is 1. The minimum atomic E-state index is -3.50. The van der Waals surface area contributed by atoms with Crippen molar-refractivity contribution in [2.75, 3.05) is 11.6 Å². The van der Waals surface area contributed by atoms with Crippen LogP contribution in [0.5, 0.6) is 0 Å². The quantitative estimate of drug-likeness (QED) is 0.858. The predicted molar refractivity (Wildman–Crippen MR) is 74.0 cm³/mol. The Kier molecular flexibility index (Phi) is 4.70. The van der Waals surface area contributed by atoms with Gasteiger partial charge >= 0.3 is 5.97 Å². The molecule has 0 bridgehead atoms. The Hall–Kier alpha value is -1.41. The molecule has 0 fully saturated rings. The summed E-state index contributed by atoms with van der Waals surface area (Å²) in [7, 11) is -3.50. The number of aromatic carboxylic acids is 1. The van der Waals surface area contributed by atoms with Crippen molar-refractivity contribution in [1.82, 2.24) is 0 Å². The smallest absolute Gasteiger partial charge is 0.335 e. The minimum absolute atomic E-state index is 0.0170. The molecule has 0 saturated carbocycles. The topological polar surface area (TPSA) is 101 Å². The molecule has 2 N–H and O–H groups in total. The number of benzene rings is 1. The molecular weight excluding hydrogens is 338 g/mol. The van der Waals surface area contributed by atoms with E-state index in [1.807, 2.05) is 0 Å². The average Bonchev–Trinajstić information content (AvgIpc) is 2.25. The lowest BCUT2D eigenvalue weighted by atomic mass is 10.2. The molecule has 1 aromatic rings. The lowest BCUT2D eigenvalue weighted by Crippen LogP contribution is -2.31. The Morgan fingerprint density at radius 2 is 1.89 bits per heavy atom. The molecule has 19 heavy (non-hydrogen) atoms. The van der Waals surface area contributed by atoms with Crippen LogP contribution in [0.25, 0.3) is 0 Å². The second-order valence-electron chi connectivity index (χ2n) is 3.99. The van der Waals surface area contributed by atoms with Gasteiger partial charge in [-0.05, 0) is 25.1 Å². The monoisotopic (exact) mass is 349 g/mol. The van der Waals surface area contributed by atoms with Crippen molar-refractivity contribution >= 4 is 43.3 Å². The Morgan fingerprint density at radius 1 is 1.32 bits per heavy atom. The Balaban J connectivity index is 3.01. The van der Waals surface area contributed by atoms with Gasteiger partial charge in [0.1, 0.15) is 5.25 Å². The van der Waals surface area contributed by atoms with E-state index in [2.05, 4.69) is 21.2 Å². The third kappa shape index (κ3) is 4.32. The lowest BCUT2D eigenvalue weighted by Gasteiger charge is -2.11. The number of rotatable bonds is 4. The first kappa shape index (κ1) is 15.6. The van der Waals surface area contributed by atoms with E-state index in [0.29, 0.717) is 4.47 Å². The molecule has 0 spiro atoms. The van der Waals surface area contributed by atoms with Crippen molar-refractivity contribution in [2.45, 2.75) is 12.2 Å². The number of carbonyl (C=O) groups is 2. The summed E-state index contributed by atoms with van der Waals surface area (Å²) >= 11 is 3.11. The summed E-state index contributed by atoms with van der Waals surface area (Å²) < 4.78 is 22.9. The second kappa shape index (κ2) is 5.70. The highest BCUT2D eigenvalue weighted by Gasteiger charge is 2.23. The molecule has 0 aliphatic heterocycles. The number of carboxylic acid groups (broad SMARTS) is 1. The van der Waals surface area contributed by atoms with Gasteiger partial charge in [-0.25, -0.2) is 13.2 Å². The second-order valence-corrected chi connectivity index (χ2v) is 7.28. The zero-order chi connectivity index (χ0) is 14.8. The summed E-state index contributed by atoms with van der Waals surface area (Å²) in [6, 6.07) is 4.11. The highest BCUT2D eigenvalue weighted by molar-refractivity contribution is 9.10. The Morgan fingerprint density at radius 3 is 2.37 bits per heavy atom. The number of hydrogen-bond acceptors (Lipinski definition) is 4. The molecule has 104 valence electrons. The first-order chi connectivity index (χ1) is 8.61. The number of hydrogen-bond donors (Lipinski definition) is 2. The number of amides is 1. The standard InChI is InChI=1S/C11H12BrNO5S/c1-6(19(2,17)18)10(14)13-9-4-7(11(15)16)3-8(12)5-9/h3-6H,1-2H3,(H,13,14)(H,15,16). The number of nitrogens with one attached hydrogen (secondary N) is 1. The fraction of sp³-hybridized carbons (Fsp3) is 0.273. The zero-order valence-corrected chi connectivity index (χ0v) is 12.6. The normalized spacial score (nSPS) is 12.8. The molecule has 0 saturated heterocycles. The van der Waals surface area contributed by atoms with Gasteiger partial charge in [0.15, 0.2) is 9.84 Å². The molecule has 0 heterocycles. The molecular formula is C11H12BrNO5S. The van der Waals surface area contributed by atoms with Crippen molar-refractivity contribution in [3.63, 3.8) is 0 Å².